The second kappa shape index (κ2) is 9.72. The maximum atomic E-state index is 12.1. The van der Waals surface area contributed by atoms with E-state index in [9.17, 15) is 4.79 Å². The second-order valence-electron chi connectivity index (χ2n) is 9.96. The molecule has 1 fully saturated rings. The number of carbonyl (C=O) groups is 1. The van der Waals surface area contributed by atoms with Crippen LogP contribution in [0.25, 0.3) is 10.9 Å². The molecule has 3 aromatic rings. The van der Waals surface area contributed by atoms with Crippen molar-refractivity contribution < 1.29 is 9.53 Å². The molecule has 2 aliphatic heterocycles. The fourth-order valence-corrected chi connectivity index (χ4v) is 4.95. The van der Waals surface area contributed by atoms with E-state index in [1.165, 1.54) is 11.8 Å². The molecule has 6 nitrogen and oxygen atoms in total. The van der Waals surface area contributed by atoms with Gasteiger partial charge >= 0.3 is 0 Å². The first-order valence-electron chi connectivity index (χ1n) is 12.4. The van der Waals surface area contributed by atoms with Crippen molar-refractivity contribution in [2.24, 2.45) is 0 Å². The van der Waals surface area contributed by atoms with Crippen LogP contribution in [0.15, 0.2) is 54.6 Å². The fourth-order valence-electron chi connectivity index (χ4n) is 4.95. The summed E-state index contributed by atoms with van der Waals surface area (Å²) in [6, 6.07) is 18.6. The highest BCUT2D eigenvalue weighted by Crippen LogP contribution is 2.39. The van der Waals surface area contributed by atoms with Gasteiger partial charge in [-0.1, -0.05) is 24.3 Å². The minimum atomic E-state index is -0.505. The Bertz CT molecular complexity index is 1180. The van der Waals surface area contributed by atoms with Gasteiger partial charge in [-0.05, 0) is 75.7 Å². The summed E-state index contributed by atoms with van der Waals surface area (Å²) in [5.74, 6) is 0.888. The summed E-state index contributed by atoms with van der Waals surface area (Å²) in [4.78, 5) is 22.1. The molecule has 0 spiro atoms. The maximum absolute atomic E-state index is 12.1. The molecule has 0 aliphatic carbocycles. The lowest BCUT2D eigenvalue weighted by Crippen LogP contribution is -2.31. The largest absolute Gasteiger partial charge is 0.494 e. The van der Waals surface area contributed by atoms with E-state index in [2.05, 4.69) is 51.5 Å². The number of aromatic nitrogens is 1. The molecule has 2 aliphatic rings. The lowest BCUT2D eigenvalue weighted by atomic mass is 9.86. The van der Waals surface area contributed by atoms with Crippen LogP contribution < -0.4 is 10.1 Å². The van der Waals surface area contributed by atoms with E-state index in [4.69, 9.17) is 9.72 Å². The third kappa shape index (κ3) is 4.93. The quantitative estimate of drug-likeness (QED) is 0.531. The van der Waals surface area contributed by atoms with Gasteiger partial charge in [-0.2, -0.15) is 0 Å². The van der Waals surface area contributed by atoms with Crippen LogP contribution in [0, 0.1) is 0 Å². The molecule has 1 saturated heterocycles. The number of rotatable bonds is 7. The van der Waals surface area contributed by atoms with Gasteiger partial charge in [0.25, 0.3) is 0 Å². The highest BCUT2D eigenvalue weighted by molar-refractivity contribution is 6.05. The number of ether oxygens (including phenoxy) is 1. The number of benzene rings is 2. The first-order chi connectivity index (χ1) is 16.5. The van der Waals surface area contributed by atoms with Crippen molar-refractivity contribution in [3.8, 4) is 5.75 Å². The van der Waals surface area contributed by atoms with Crippen molar-refractivity contribution in [1.82, 2.24) is 14.8 Å². The van der Waals surface area contributed by atoms with Crippen molar-refractivity contribution in [1.29, 1.82) is 0 Å². The zero-order valence-corrected chi connectivity index (χ0v) is 20.2. The van der Waals surface area contributed by atoms with Crippen molar-refractivity contribution in [2.45, 2.75) is 38.6 Å². The molecule has 1 amide bonds. The van der Waals surface area contributed by atoms with Crippen LogP contribution in [-0.4, -0.2) is 60.0 Å². The van der Waals surface area contributed by atoms with Gasteiger partial charge in [0, 0.05) is 37.3 Å². The Morgan fingerprint density at radius 3 is 2.74 bits per heavy atom. The summed E-state index contributed by atoms with van der Waals surface area (Å²) in [5.41, 5.74) is 3.63. The van der Waals surface area contributed by atoms with E-state index in [0.717, 1.165) is 73.9 Å². The molecular weight excluding hydrogens is 424 g/mol. The number of fused-ring (bicyclic) bond motifs is 2. The van der Waals surface area contributed by atoms with E-state index in [-0.39, 0.29) is 5.91 Å². The molecule has 0 saturated carbocycles. The predicted octanol–water partition coefficient (Wildman–Crippen LogP) is 4.44. The van der Waals surface area contributed by atoms with Crippen LogP contribution in [0.1, 0.15) is 37.9 Å². The molecule has 34 heavy (non-hydrogen) atoms. The maximum Gasteiger partial charge on any atom is 0.234 e. The molecule has 1 aromatic heterocycles. The number of carbonyl (C=O) groups excluding carboxylic acids is 1. The molecule has 5 rings (SSSR count). The Morgan fingerprint density at radius 1 is 1.00 bits per heavy atom. The number of nitrogens with one attached hydrogen (secondary N) is 1. The van der Waals surface area contributed by atoms with Crippen molar-refractivity contribution in [3.05, 3.63) is 65.9 Å². The summed E-state index contributed by atoms with van der Waals surface area (Å²) < 4.78 is 6.03. The SMILES string of the molecule is CC1(C)C(=O)Nc2ccc(OCCCN3CCCN(Cc4ccc5ccccc5n4)CC3)cc21. The van der Waals surface area contributed by atoms with Gasteiger partial charge in [0.2, 0.25) is 5.91 Å². The summed E-state index contributed by atoms with van der Waals surface area (Å²) >= 11 is 0. The zero-order chi connectivity index (χ0) is 23.5. The Kier molecular flexibility index (Phi) is 6.53. The van der Waals surface area contributed by atoms with Crippen molar-refractivity contribution in [2.75, 3.05) is 44.6 Å². The summed E-state index contributed by atoms with van der Waals surface area (Å²) in [6.45, 7) is 10.9. The predicted molar refractivity (Wildman–Crippen MR) is 136 cm³/mol. The molecule has 178 valence electrons. The number of pyridine rings is 1. The van der Waals surface area contributed by atoms with E-state index in [0.29, 0.717) is 6.61 Å². The van der Waals surface area contributed by atoms with Crippen LogP contribution in [0.3, 0.4) is 0 Å². The van der Waals surface area contributed by atoms with E-state index in [1.54, 1.807) is 0 Å². The average Bonchev–Trinajstić information content (AvgIpc) is 2.97. The third-order valence-electron chi connectivity index (χ3n) is 7.09. The Balaban J connectivity index is 1.07. The highest BCUT2D eigenvalue weighted by atomic mass is 16.5. The summed E-state index contributed by atoms with van der Waals surface area (Å²) in [7, 11) is 0. The number of hydrogen-bond donors (Lipinski definition) is 1. The number of anilines is 1. The van der Waals surface area contributed by atoms with Crippen LogP contribution >= 0.6 is 0 Å². The van der Waals surface area contributed by atoms with Crippen LogP contribution in [0.4, 0.5) is 5.69 Å². The standard InChI is InChI=1S/C28H34N4O2/c1-28(2)24-19-23(11-12-26(24)30-27(28)33)34-18-6-15-31-13-5-14-32(17-16-31)20-22-10-9-21-7-3-4-8-25(21)29-22/h3-4,7-12,19H,5-6,13-18,20H2,1-2H3,(H,30,33). The van der Waals surface area contributed by atoms with E-state index in [1.807, 2.05) is 32.0 Å². The first-order valence-corrected chi connectivity index (χ1v) is 12.4. The Labute approximate surface area is 201 Å². The molecular formula is C28H34N4O2. The van der Waals surface area contributed by atoms with Gasteiger partial charge in [-0.15, -0.1) is 0 Å². The average molecular weight is 459 g/mol. The van der Waals surface area contributed by atoms with Gasteiger partial charge in [-0.25, -0.2) is 0 Å². The molecule has 2 aromatic carbocycles. The number of para-hydroxylation sites is 1. The normalized spacial score (nSPS) is 18.5. The summed E-state index contributed by atoms with van der Waals surface area (Å²) in [5, 5.41) is 4.15. The first kappa shape index (κ1) is 22.8. The van der Waals surface area contributed by atoms with Gasteiger partial charge < -0.3 is 15.0 Å². The molecule has 0 radical (unpaired) electrons. The molecule has 0 atom stereocenters. The molecule has 3 heterocycles. The minimum absolute atomic E-state index is 0.0475. The number of nitrogens with zero attached hydrogens (tertiary/aromatic N) is 3. The number of hydrogen-bond acceptors (Lipinski definition) is 5. The summed E-state index contributed by atoms with van der Waals surface area (Å²) in [6.07, 6.45) is 2.17. The molecule has 0 bridgehead atoms. The molecule has 0 unspecified atom stereocenters. The topological polar surface area (TPSA) is 57.7 Å². The monoisotopic (exact) mass is 458 g/mol. The number of amides is 1. The minimum Gasteiger partial charge on any atom is -0.494 e. The van der Waals surface area contributed by atoms with Crippen molar-refractivity contribution in [3.63, 3.8) is 0 Å². The van der Waals surface area contributed by atoms with Gasteiger partial charge in [0.05, 0.1) is 23.2 Å². The van der Waals surface area contributed by atoms with Crippen molar-refractivity contribution >= 4 is 22.5 Å². The van der Waals surface area contributed by atoms with Crippen LogP contribution in [-0.2, 0) is 16.8 Å². The van der Waals surface area contributed by atoms with E-state index >= 15 is 0 Å². The van der Waals surface area contributed by atoms with E-state index < -0.39 is 5.41 Å². The Hall–Kier alpha value is -2.96. The molecule has 6 heteroatoms. The Morgan fingerprint density at radius 2 is 1.82 bits per heavy atom. The highest BCUT2D eigenvalue weighted by Gasteiger charge is 2.38. The zero-order valence-electron chi connectivity index (χ0n) is 20.2. The third-order valence-corrected chi connectivity index (χ3v) is 7.09. The second-order valence-corrected chi connectivity index (χ2v) is 9.96. The van der Waals surface area contributed by atoms with Crippen LogP contribution in [0.5, 0.6) is 5.75 Å². The van der Waals surface area contributed by atoms with Gasteiger partial charge in [0.15, 0.2) is 0 Å². The van der Waals surface area contributed by atoms with Gasteiger partial charge in [-0.3, -0.25) is 14.7 Å². The molecule has 1 N–H and O–H groups in total. The van der Waals surface area contributed by atoms with Gasteiger partial charge in [0.1, 0.15) is 5.75 Å². The lowest BCUT2D eigenvalue weighted by molar-refractivity contribution is -0.119. The van der Waals surface area contributed by atoms with Crippen LogP contribution in [0.2, 0.25) is 0 Å². The lowest BCUT2D eigenvalue weighted by Gasteiger charge is -2.22. The smallest absolute Gasteiger partial charge is 0.234 e. The fraction of sp³-hybridized carbons (Fsp3) is 0.429.